The van der Waals surface area contributed by atoms with Crippen LogP contribution in [0.15, 0.2) is 0 Å². The molecule has 0 bridgehead atoms. The standard InChI is InChI=1S/C22H40N2O6/c1-19(2)13-11-15(21(5,6)23(19)27)29-17(25)9-10-18(26)30-16-12-14-20(3,4)24(28)22(16,7)8/h15-16,27-28H,9-14H2,1-8H3. The summed E-state index contributed by atoms with van der Waals surface area (Å²) >= 11 is 0. The van der Waals surface area contributed by atoms with Crippen LogP contribution in [0, 0.1) is 0 Å². The summed E-state index contributed by atoms with van der Waals surface area (Å²) < 4.78 is 11.2. The number of carbonyl (C=O) groups excluding carboxylic acids is 2. The van der Waals surface area contributed by atoms with E-state index in [2.05, 4.69) is 0 Å². The Kier molecular flexibility index (Phi) is 6.99. The van der Waals surface area contributed by atoms with E-state index in [9.17, 15) is 20.0 Å². The Labute approximate surface area is 180 Å². The lowest BCUT2D eigenvalue weighted by Crippen LogP contribution is -2.64. The predicted octanol–water partition coefficient (Wildman–Crippen LogP) is 3.67. The van der Waals surface area contributed by atoms with Crippen LogP contribution in [0.4, 0.5) is 0 Å². The van der Waals surface area contributed by atoms with Crippen molar-refractivity contribution in [1.82, 2.24) is 10.1 Å². The van der Waals surface area contributed by atoms with Crippen molar-refractivity contribution in [3.8, 4) is 0 Å². The molecular formula is C22H40N2O6. The maximum Gasteiger partial charge on any atom is 0.306 e. The maximum absolute atomic E-state index is 12.3. The highest BCUT2D eigenvalue weighted by Gasteiger charge is 2.50. The molecule has 0 spiro atoms. The summed E-state index contributed by atoms with van der Waals surface area (Å²) in [4.78, 5) is 24.7. The van der Waals surface area contributed by atoms with Gasteiger partial charge in [0.05, 0.1) is 23.9 Å². The van der Waals surface area contributed by atoms with Crippen LogP contribution in [-0.4, -0.2) is 66.8 Å². The molecule has 2 N–H and O–H groups in total. The van der Waals surface area contributed by atoms with E-state index in [-0.39, 0.29) is 12.8 Å². The van der Waals surface area contributed by atoms with E-state index >= 15 is 0 Å². The topological polar surface area (TPSA) is 99.5 Å². The molecule has 2 rings (SSSR count). The first-order chi connectivity index (χ1) is 13.5. The number of piperidine rings is 2. The third-order valence-corrected chi connectivity index (χ3v) is 6.93. The largest absolute Gasteiger partial charge is 0.460 e. The summed E-state index contributed by atoms with van der Waals surface area (Å²) in [5, 5.41) is 23.5. The van der Waals surface area contributed by atoms with Gasteiger partial charge in [-0.1, -0.05) is 0 Å². The van der Waals surface area contributed by atoms with E-state index < -0.39 is 46.3 Å². The Balaban J connectivity index is 1.86. The molecule has 0 radical (unpaired) electrons. The third-order valence-electron chi connectivity index (χ3n) is 6.93. The van der Waals surface area contributed by atoms with Gasteiger partial charge in [-0.25, -0.2) is 0 Å². The van der Waals surface area contributed by atoms with Gasteiger partial charge in [-0.2, -0.15) is 10.1 Å². The monoisotopic (exact) mass is 428 g/mol. The van der Waals surface area contributed by atoms with Gasteiger partial charge in [-0.15, -0.1) is 0 Å². The minimum atomic E-state index is -0.721. The SMILES string of the molecule is CC1(C)CCC(OC(=O)CCC(=O)OC2CCC(C)(C)N(O)C2(C)C)C(C)(C)N1O. The Bertz CT molecular complexity index is 602. The highest BCUT2D eigenvalue weighted by atomic mass is 16.6. The van der Waals surface area contributed by atoms with Gasteiger partial charge in [-0.3, -0.25) is 9.59 Å². The molecule has 0 saturated carbocycles. The summed E-state index contributed by atoms with van der Waals surface area (Å²) in [6.07, 6.45) is 1.60. The summed E-state index contributed by atoms with van der Waals surface area (Å²) in [6, 6.07) is 0. The predicted molar refractivity (Wildman–Crippen MR) is 111 cm³/mol. The molecule has 2 aliphatic heterocycles. The zero-order valence-corrected chi connectivity index (χ0v) is 19.8. The molecule has 2 fully saturated rings. The molecule has 2 atom stereocenters. The Morgan fingerprint density at radius 2 is 1.03 bits per heavy atom. The highest BCUT2D eigenvalue weighted by molar-refractivity contribution is 5.78. The minimum Gasteiger partial charge on any atom is -0.460 e. The number of carbonyl (C=O) groups is 2. The Morgan fingerprint density at radius 3 is 1.33 bits per heavy atom. The minimum absolute atomic E-state index is 0.0816. The average Bonchev–Trinajstić information content (AvgIpc) is 2.62. The van der Waals surface area contributed by atoms with E-state index in [1.54, 1.807) is 0 Å². The maximum atomic E-state index is 12.3. The number of hydrogen-bond donors (Lipinski definition) is 2. The van der Waals surface area contributed by atoms with Crippen LogP contribution in [-0.2, 0) is 19.1 Å². The van der Waals surface area contributed by atoms with Gasteiger partial charge in [0.1, 0.15) is 12.2 Å². The van der Waals surface area contributed by atoms with E-state index in [4.69, 9.17) is 9.47 Å². The quantitative estimate of drug-likeness (QED) is 0.640. The van der Waals surface area contributed by atoms with Crippen LogP contribution in [0.1, 0.15) is 93.9 Å². The molecule has 2 aliphatic rings. The molecule has 0 aromatic rings. The van der Waals surface area contributed by atoms with Crippen molar-refractivity contribution in [2.45, 2.75) is 128 Å². The molecule has 2 saturated heterocycles. The second-order valence-electron chi connectivity index (χ2n) is 11.1. The Hall–Kier alpha value is -1.22. The van der Waals surface area contributed by atoms with Crippen molar-refractivity contribution >= 4 is 11.9 Å². The van der Waals surface area contributed by atoms with Gasteiger partial charge in [0.25, 0.3) is 0 Å². The van der Waals surface area contributed by atoms with Crippen molar-refractivity contribution in [3.05, 3.63) is 0 Å². The molecule has 0 aromatic heterocycles. The normalized spacial score (nSPS) is 30.5. The first-order valence-corrected chi connectivity index (χ1v) is 10.9. The van der Waals surface area contributed by atoms with Crippen molar-refractivity contribution < 1.29 is 29.5 Å². The van der Waals surface area contributed by atoms with Crippen molar-refractivity contribution in [2.75, 3.05) is 0 Å². The number of hydroxylamine groups is 4. The molecular weight excluding hydrogens is 388 g/mol. The fraction of sp³-hybridized carbons (Fsp3) is 0.909. The van der Waals surface area contributed by atoms with Gasteiger partial charge in [0.15, 0.2) is 0 Å². The van der Waals surface area contributed by atoms with Gasteiger partial charge in [0, 0.05) is 11.1 Å². The summed E-state index contributed by atoms with van der Waals surface area (Å²) in [7, 11) is 0. The molecule has 174 valence electrons. The summed E-state index contributed by atoms with van der Waals surface area (Å²) in [5.41, 5.74) is -2.22. The highest BCUT2D eigenvalue weighted by Crippen LogP contribution is 2.39. The van der Waals surface area contributed by atoms with Crippen LogP contribution in [0.2, 0.25) is 0 Å². The second-order valence-corrected chi connectivity index (χ2v) is 11.1. The van der Waals surface area contributed by atoms with Crippen LogP contribution in [0.25, 0.3) is 0 Å². The van der Waals surface area contributed by atoms with Crippen molar-refractivity contribution in [3.63, 3.8) is 0 Å². The van der Waals surface area contributed by atoms with Gasteiger partial charge in [-0.05, 0) is 81.1 Å². The molecule has 8 nitrogen and oxygen atoms in total. The Morgan fingerprint density at radius 1 is 0.733 bits per heavy atom. The lowest BCUT2D eigenvalue weighted by Gasteiger charge is -2.52. The first-order valence-electron chi connectivity index (χ1n) is 10.9. The molecule has 0 aromatic carbocycles. The summed E-state index contributed by atoms with van der Waals surface area (Å²) in [6.45, 7) is 15.2. The fourth-order valence-electron chi connectivity index (χ4n) is 4.77. The van der Waals surface area contributed by atoms with Gasteiger partial charge < -0.3 is 19.9 Å². The zero-order chi connectivity index (χ0) is 23.1. The number of hydrogen-bond acceptors (Lipinski definition) is 8. The summed E-state index contributed by atoms with van der Waals surface area (Å²) in [5.74, 6) is -0.961. The van der Waals surface area contributed by atoms with E-state index in [0.29, 0.717) is 25.7 Å². The smallest absolute Gasteiger partial charge is 0.306 e. The average molecular weight is 429 g/mol. The number of rotatable bonds is 5. The number of esters is 2. The second kappa shape index (κ2) is 8.37. The third kappa shape index (κ3) is 4.98. The lowest BCUT2D eigenvalue weighted by atomic mass is 9.80. The van der Waals surface area contributed by atoms with E-state index in [1.165, 1.54) is 10.1 Å². The van der Waals surface area contributed by atoms with Crippen molar-refractivity contribution in [2.24, 2.45) is 0 Å². The number of ether oxygens (including phenoxy) is 2. The van der Waals surface area contributed by atoms with Crippen molar-refractivity contribution in [1.29, 1.82) is 0 Å². The first kappa shape index (κ1) is 25.0. The van der Waals surface area contributed by atoms with Crippen LogP contribution < -0.4 is 0 Å². The van der Waals surface area contributed by atoms with E-state index in [1.807, 2.05) is 55.4 Å². The van der Waals surface area contributed by atoms with Crippen LogP contribution >= 0.6 is 0 Å². The molecule has 8 heteroatoms. The fourth-order valence-corrected chi connectivity index (χ4v) is 4.77. The van der Waals surface area contributed by atoms with Gasteiger partial charge >= 0.3 is 11.9 Å². The molecule has 2 unspecified atom stereocenters. The molecule has 2 heterocycles. The van der Waals surface area contributed by atoms with Gasteiger partial charge in [0.2, 0.25) is 0 Å². The van der Waals surface area contributed by atoms with E-state index in [0.717, 1.165) is 0 Å². The molecule has 0 aliphatic carbocycles. The molecule has 0 amide bonds. The molecule has 30 heavy (non-hydrogen) atoms. The lowest BCUT2D eigenvalue weighted by molar-refractivity contribution is -0.273. The zero-order valence-electron chi connectivity index (χ0n) is 19.8. The van der Waals surface area contributed by atoms with Crippen LogP contribution in [0.5, 0.6) is 0 Å². The van der Waals surface area contributed by atoms with Crippen LogP contribution in [0.3, 0.4) is 0 Å². The number of nitrogens with zero attached hydrogens (tertiary/aromatic N) is 2.